The number of halogens is 2. The summed E-state index contributed by atoms with van der Waals surface area (Å²) in [7, 11) is 0. The average molecular weight is 388 g/mol. The van der Waals surface area contributed by atoms with Crippen LogP contribution in [0.4, 0.5) is 5.69 Å². The van der Waals surface area contributed by atoms with Crippen molar-refractivity contribution >= 4 is 34.8 Å². The minimum absolute atomic E-state index is 0.162. The van der Waals surface area contributed by atoms with Crippen molar-refractivity contribution in [3.63, 3.8) is 0 Å². The fourth-order valence-corrected chi connectivity index (χ4v) is 2.89. The van der Waals surface area contributed by atoms with Crippen molar-refractivity contribution in [1.29, 1.82) is 0 Å². The number of pyridine rings is 2. The number of carbonyl (C=O) groups excluding carboxylic acids is 1. The van der Waals surface area contributed by atoms with E-state index in [2.05, 4.69) is 9.97 Å². The monoisotopic (exact) mass is 387 g/mol. The first kappa shape index (κ1) is 18.2. The number of hydrogen-bond donors (Lipinski definition) is 0. The molecule has 0 N–H and O–H groups in total. The van der Waals surface area contributed by atoms with Crippen LogP contribution in [0.15, 0.2) is 61.1 Å². The summed E-state index contributed by atoms with van der Waals surface area (Å²) in [5, 5.41) is 0.934. The predicted octanol–water partition coefficient (Wildman–Crippen LogP) is 5.24. The molecule has 0 radical (unpaired) electrons. The Hall–Kier alpha value is -2.63. The van der Waals surface area contributed by atoms with Crippen LogP contribution in [-0.2, 0) is 0 Å². The smallest absolute Gasteiger partial charge is 0.259 e. The molecule has 0 aliphatic rings. The van der Waals surface area contributed by atoms with Gasteiger partial charge in [0, 0.05) is 35.1 Å². The van der Waals surface area contributed by atoms with E-state index in [0.717, 1.165) is 5.69 Å². The summed E-state index contributed by atoms with van der Waals surface area (Å²) in [4.78, 5) is 22.6. The van der Waals surface area contributed by atoms with Gasteiger partial charge in [-0.2, -0.15) is 0 Å². The zero-order valence-electron chi connectivity index (χ0n) is 13.9. The van der Waals surface area contributed by atoms with Crippen molar-refractivity contribution in [2.45, 2.75) is 6.92 Å². The minimum atomic E-state index is -0.162. The van der Waals surface area contributed by atoms with E-state index in [0.29, 0.717) is 33.8 Å². The fourth-order valence-electron chi connectivity index (χ4n) is 2.39. The number of benzene rings is 1. The Morgan fingerprint density at radius 3 is 2.46 bits per heavy atom. The summed E-state index contributed by atoms with van der Waals surface area (Å²) in [5.41, 5.74) is 1.18. The molecular weight excluding hydrogens is 373 g/mol. The van der Waals surface area contributed by atoms with Crippen LogP contribution in [0.2, 0.25) is 10.0 Å². The lowest BCUT2D eigenvalue weighted by molar-refractivity contribution is 0.0988. The highest BCUT2D eigenvalue weighted by molar-refractivity contribution is 6.34. The van der Waals surface area contributed by atoms with E-state index >= 15 is 0 Å². The van der Waals surface area contributed by atoms with Crippen LogP contribution in [0.5, 0.6) is 11.6 Å². The van der Waals surface area contributed by atoms with Gasteiger partial charge in [-0.25, -0.2) is 4.98 Å². The molecule has 132 valence electrons. The second-order valence-electron chi connectivity index (χ2n) is 5.35. The molecule has 0 atom stereocenters. The lowest BCUT2D eigenvalue weighted by Gasteiger charge is -2.20. The maximum Gasteiger partial charge on any atom is 0.259 e. The zero-order valence-corrected chi connectivity index (χ0v) is 15.4. The number of ether oxygens (including phenoxy) is 1. The van der Waals surface area contributed by atoms with Gasteiger partial charge in [0.05, 0.1) is 17.4 Å². The van der Waals surface area contributed by atoms with Crippen molar-refractivity contribution in [3.8, 4) is 11.6 Å². The lowest BCUT2D eigenvalue weighted by atomic mass is 10.2. The standard InChI is InChI=1S/C19H15Cl2N3O2/c1-2-24(16-4-3-7-22-12-16)19(25)13-5-6-18(23-11-13)26-17-9-14(20)8-15(21)10-17/h3-12H,2H2,1H3. The molecule has 0 spiro atoms. The molecule has 0 saturated carbocycles. The topological polar surface area (TPSA) is 55.3 Å². The zero-order chi connectivity index (χ0) is 18.5. The van der Waals surface area contributed by atoms with Gasteiger partial charge in [-0.3, -0.25) is 9.78 Å². The van der Waals surface area contributed by atoms with Gasteiger partial charge >= 0.3 is 0 Å². The largest absolute Gasteiger partial charge is 0.439 e. The molecule has 0 saturated heterocycles. The molecule has 3 rings (SSSR count). The van der Waals surface area contributed by atoms with Gasteiger partial charge in [-0.1, -0.05) is 23.2 Å². The van der Waals surface area contributed by atoms with E-state index in [1.165, 1.54) is 6.20 Å². The highest BCUT2D eigenvalue weighted by Gasteiger charge is 2.16. The Labute approximate surface area is 161 Å². The first-order valence-corrected chi connectivity index (χ1v) is 8.64. The van der Waals surface area contributed by atoms with Crippen molar-refractivity contribution in [2.75, 3.05) is 11.4 Å². The number of carbonyl (C=O) groups is 1. The molecule has 0 aliphatic carbocycles. The average Bonchev–Trinajstić information content (AvgIpc) is 2.63. The van der Waals surface area contributed by atoms with E-state index in [1.807, 2.05) is 13.0 Å². The number of rotatable bonds is 5. The van der Waals surface area contributed by atoms with Crippen LogP contribution in [0, 0.1) is 0 Å². The van der Waals surface area contributed by atoms with Gasteiger partial charge in [0.25, 0.3) is 5.91 Å². The van der Waals surface area contributed by atoms with Crippen LogP contribution in [0.25, 0.3) is 0 Å². The van der Waals surface area contributed by atoms with Gasteiger partial charge in [-0.05, 0) is 43.3 Å². The second-order valence-corrected chi connectivity index (χ2v) is 6.23. The maximum absolute atomic E-state index is 12.7. The molecule has 1 amide bonds. The van der Waals surface area contributed by atoms with Gasteiger partial charge in [0.2, 0.25) is 5.88 Å². The van der Waals surface area contributed by atoms with E-state index in [9.17, 15) is 4.79 Å². The fraction of sp³-hybridized carbons (Fsp3) is 0.105. The minimum Gasteiger partial charge on any atom is -0.439 e. The Morgan fingerprint density at radius 1 is 1.12 bits per heavy atom. The maximum atomic E-state index is 12.7. The van der Waals surface area contributed by atoms with E-state index in [1.54, 1.807) is 53.7 Å². The van der Waals surface area contributed by atoms with Crippen molar-refractivity contribution < 1.29 is 9.53 Å². The Bertz CT molecular complexity index is 882. The van der Waals surface area contributed by atoms with Gasteiger partial charge in [0.15, 0.2) is 0 Å². The van der Waals surface area contributed by atoms with Gasteiger partial charge in [0.1, 0.15) is 5.75 Å². The number of aromatic nitrogens is 2. The molecule has 2 heterocycles. The molecule has 7 heteroatoms. The van der Waals surface area contributed by atoms with Gasteiger partial charge < -0.3 is 9.64 Å². The van der Waals surface area contributed by atoms with Crippen LogP contribution in [0.1, 0.15) is 17.3 Å². The Morgan fingerprint density at radius 2 is 1.88 bits per heavy atom. The van der Waals surface area contributed by atoms with E-state index in [4.69, 9.17) is 27.9 Å². The Kier molecular flexibility index (Phi) is 5.71. The quantitative estimate of drug-likeness (QED) is 0.600. The molecule has 5 nitrogen and oxygen atoms in total. The second kappa shape index (κ2) is 8.17. The number of hydrogen-bond acceptors (Lipinski definition) is 4. The highest BCUT2D eigenvalue weighted by atomic mass is 35.5. The summed E-state index contributed by atoms with van der Waals surface area (Å²) >= 11 is 11.9. The molecule has 0 bridgehead atoms. The SMILES string of the molecule is CCN(C(=O)c1ccc(Oc2cc(Cl)cc(Cl)c2)nc1)c1cccnc1. The van der Waals surface area contributed by atoms with Crippen LogP contribution >= 0.6 is 23.2 Å². The van der Waals surface area contributed by atoms with Crippen molar-refractivity contribution in [2.24, 2.45) is 0 Å². The predicted molar refractivity (Wildman–Crippen MR) is 102 cm³/mol. The summed E-state index contributed by atoms with van der Waals surface area (Å²) in [6, 6.07) is 11.8. The Balaban J connectivity index is 1.77. The van der Waals surface area contributed by atoms with E-state index < -0.39 is 0 Å². The molecule has 2 aromatic heterocycles. The van der Waals surface area contributed by atoms with Gasteiger partial charge in [-0.15, -0.1) is 0 Å². The summed E-state index contributed by atoms with van der Waals surface area (Å²) in [6.07, 6.45) is 4.79. The molecule has 0 unspecified atom stereocenters. The molecule has 26 heavy (non-hydrogen) atoms. The normalized spacial score (nSPS) is 10.4. The van der Waals surface area contributed by atoms with Crippen LogP contribution < -0.4 is 9.64 Å². The summed E-state index contributed by atoms with van der Waals surface area (Å²) in [5.74, 6) is 0.647. The lowest BCUT2D eigenvalue weighted by Crippen LogP contribution is -2.30. The first-order chi connectivity index (χ1) is 12.6. The van der Waals surface area contributed by atoms with Crippen molar-refractivity contribution in [3.05, 3.63) is 76.7 Å². The highest BCUT2D eigenvalue weighted by Crippen LogP contribution is 2.27. The number of anilines is 1. The molecular formula is C19H15Cl2N3O2. The first-order valence-electron chi connectivity index (χ1n) is 7.88. The van der Waals surface area contributed by atoms with Crippen LogP contribution in [-0.4, -0.2) is 22.4 Å². The van der Waals surface area contributed by atoms with Crippen molar-refractivity contribution in [1.82, 2.24) is 9.97 Å². The molecule has 1 aromatic carbocycles. The van der Waals surface area contributed by atoms with E-state index in [-0.39, 0.29) is 5.91 Å². The molecule has 3 aromatic rings. The molecule has 0 fully saturated rings. The third-order valence-electron chi connectivity index (χ3n) is 3.56. The summed E-state index contributed by atoms with van der Waals surface area (Å²) in [6.45, 7) is 2.42. The number of nitrogens with zero attached hydrogens (tertiary/aromatic N) is 3. The third kappa shape index (κ3) is 4.31. The third-order valence-corrected chi connectivity index (χ3v) is 4.00. The summed E-state index contributed by atoms with van der Waals surface area (Å²) < 4.78 is 5.63. The molecule has 0 aliphatic heterocycles. The number of amides is 1. The van der Waals surface area contributed by atoms with Crippen LogP contribution in [0.3, 0.4) is 0 Å².